The normalized spacial score (nSPS) is 1.09. The summed E-state index contributed by atoms with van der Waals surface area (Å²) in [5.41, 5.74) is 0. The van der Waals surface area contributed by atoms with E-state index in [1.807, 2.05) is 0 Å². The molecule has 11 heteroatoms. The molecular formula is H22N8O2Pt. The topological polar surface area (TPSA) is 308 Å². The van der Waals surface area contributed by atoms with E-state index < -0.39 is 0 Å². The van der Waals surface area contributed by atoms with Gasteiger partial charge in [0, 0.05) is 0 Å². The van der Waals surface area contributed by atoms with Gasteiger partial charge in [0.15, 0.2) is 0 Å². The Labute approximate surface area is 80.8 Å². The second-order valence-electron chi connectivity index (χ2n) is 0. The molecule has 0 saturated heterocycles. The standard InChI is InChI=1S/2H2NO.6H3N.Pt/c2*1-2;;;;;;;/h2*1H2;6*1H3;/q2*-1;;;;;;;+2. The van der Waals surface area contributed by atoms with Gasteiger partial charge in [-0.3, -0.25) is 0 Å². The van der Waals surface area contributed by atoms with Crippen molar-refractivity contribution in [2.75, 3.05) is 0 Å². The zero-order valence-electron chi connectivity index (χ0n) is 6.53. The molecule has 0 amide bonds. The fraction of sp³-hybridized carbons (Fsp3) is 0. The predicted molar refractivity (Wildman–Crippen MR) is 45.2 cm³/mol. The van der Waals surface area contributed by atoms with Crippen molar-refractivity contribution in [2.24, 2.45) is 11.8 Å². The Hall–Kier alpha value is 0.288. The van der Waals surface area contributed by atoms with Crippen molar-refractivity contribution in [1.82, 2.24) is 36.9 Å². The van der Waals surface area contributed by atoms with Gasteiger partial charge in [-0.05, 0) is 0 Å². The van der Waals surface area contributed by atoms with Crippen LogP contribution >= 0.6 is 0 Å². The first kappa shape index (κ1) is 228. The fourth-order valence-corrected chi connectivity index (χ4v) is 0. The fourth-order valence-electron chi connectivity index (χ4n) is 0. The molecule has 0 unspecified atom stereocenters. The van der Waals surface area contributed by atoms with Crippen molar-refractivity contribution in [3.63, 3.8) is 0 Å². The molecule has 0 atom stereocenters. The molecule has 0 heterocycles. The average Bonchev–Trinajstić information content (AvgIpc) is 1.50. The molecule has 0 spiro atoms. The number of hydrogen-bond acceptors (Lipinski definition) is 10. The van der Waals surface area contributed by atoms with Crippen LogP contribution in [0.1, 0.15) is 0 Å². The van der Waals surface area contributed by atoms with Gasteiger partial charge in [0.1, 0.15) is 0 Å². The van der Waals surface area contributed by atoms with Gasteiger partial charge in [-0.25, -0.2) is 0 Å². The Bertz CT molecular complexity index is 12.1. The first-order valence-corrected chi connectivity index (χ1v) is 0.471. The zero-order chi connectivity index (χ0) is 4.00. The smallest absolute Gasteiger partial charge is 0.790 e. The van der Waals surface area contributed by atoms with Crippen LogP contribution in [0.2, 0.25) is 0 Å². The Kier molecular flexibility index (Phi) is 222000. The third kappa shape index (κ3) is 8500. The van der Waals surface area contributed by atoms with Crippen LogP contribution in [0.4, 0.5) is 0 Å². The zero-order valence-corrected chi connectivity index (χ0v) is 8.80. The molecule has 0 aromatic carbocycles. The number of hydrogen-bond donors (Lipinski definition) is 8. The summed E-state index contributed by atoms with van der Waals surface area (Å²) in [6, 6.07) is 0. The van der Waals surface area contributed by atoms with E-state index in [0.29, 0.717) is 0 Å². The SMILES string of the molecule is N.N.N.N.N.N.N[O-].N[O-].[Pt+2]. The van der Waals surface area contributed by atoms with Gasteiger partial charge in [0.25, 0.3) is 0 Å². The van der Waals surface area contributed by atoms with Crippen LogP contribution in [0.15, 0.2) is 0 Å². The second kappa shape index (κ2) is 10700. The molecule has 0 aromatic heterocycles. The Morgan fingerprint density at radius 1 is 0.455 bits per heavy atom. The molecule has 10 nitrogen and oxygen atoms in total. The van der Waals surface area contributed by atoms with Gasteiger partial charge in [0.2, 0.25) is 0 Å². The summed E-state index contributed by atoms with van der Waals surface area (Å²) >= 11 is 0. The Morgan fingerprint density at radius 2 is 0.455 bits per heavy atom. The third-order valence-electron chi connectivity index (χ3n) is 0. The first-order valence-electron chi connectivity index (χ1n) is 0.471. The summed E-state index contributed by atoms with van der Waals surface area (Å²) in [6.45, 7) is 0. The maximum absolute atomic E-state index is 7.75. The van der Waals surface area contributed by atoms with E-state index in [9.17, 15) is 0 Å². The summed E-state index contributed by atoms with van der Waals surface area (Å²) in [5.74, 6) is 6.50. The van der Waals surface area contributed by atoms with Crippen LogP contribution in [-0.4, -0.2) is 0 Å². The van der Waals surface area contributed by atoms with E-state index in [0.717, 1.165) is 0 Å². The van der Waals surface area contributed by atoms with E-state index in [2.05, 4.69) is 11.8 Å². The molecule has 11 heavy (non-hydrogen) atoms. The van der Waals surface area contributed by atoms with Gasteiger partial charge < -0.3 is 59.1 Å². The maximum atomic E-state index is 7.75. The minimum atomic E-state index is 0. The summed E-state index contributed by atoms with van der Waals surface area (Å²) in [7, 11) is 0. The van der Waals surface area contributed by atoms with Crippen LogP contribution in [0.5, 0.6) is 0 Å². The van der Waals surface area contributed by atoms with Crippen molar-refractivity contribution in [1.29, 1.82) is 0 Å². The molecular weight excluding hydrogens is 339 g/mol. The van der Waals surface area contributed by atoms with E-state index in [4.69, 9.17) is 10.4 Å². The minimum absolute atomic E-state index is 0. The van der Waals surface area contributed by atoms with Crippen molar-refractivity contribution in [3.05, 3.63) is 10.4 Å². The number of nitrogens with two attached hydrogens (primary N) is 2. The van der Waals surface area contributed by atoms with Gasteiger partial charge in [-0.1, -0.05) is 0 Å². The van der Waals surface area contributed by atoms with Crippen molar-refractivity contribution in [2.45, 2.75) is 0 Å². The van der Waals surface area contributed by atoms with Crippen LogP contribution in [0.3, 0.4) is 0 Å². The second-order valence-corrected chi connectivity index (χ2v) is 0. The van der Waals surface area contributed by atoms with Gasteiger partial charge in [-0.15, -0.1) is 0 Å². The minimum Gasteiger partial charge on any atom is -0.790 e. The van der Waals surface area contributed by atoms with Crippen LogP contribution in [0.25, 0.3) is 0 Å². The third-order valence-corrected chi connectivity index (χ3v) is 0. The molecule has 0 bridgehead atoms. The molecule has 0 aliphatic carbocycles. The van der Waals surface area contributed by atoms with Crippen molar-refractivity contribution in [3.8, 4) is 0 Å². The summed E-state index contributed by atoms with van der Waals surface area (Å²) < 4.78 is 0. The first-order chi connectivity index (χ1) is 2.00. The molecule has 0 fully saturated rings. The van der Waals surface area contributed by atoms with Crippen molar-refractivity contribution >= 4 is 0 Å². The van der Waals surface area contributed by atoms with Crippen molar-refractivity contribution < 1.29 is 21.1 Å². The summed E-state index contributed by atoms with van der Waals surface area (Å²) in [6.07, 6.45) is 0. The molecule has 0 rings (SSSR count). The summed E-state index contributed by atoms with van der Waals surface area (Å²) in [5, 5.41) is 15.5. The van der Waals surface area contributed by atoms with E-state index in [1.165, 1.54) is 0 Å². The van der Waals surface area contributed by atoms with E-state index in [-0.39, 0.29) is 58.0 Å². The molecule has 0 aliphatic heterocycles. The molecule has 0 aliphatic rings. The Morgan fingerprint density at radius 3 is 0.455 bits per heavy atom. The molecule has 0 saturated carbocycles. The van der Waals surface area contributed by atoms with E-state index in [1.54, 1.807) is 0 Å². The number of rotatable bonds is 0. The Balaban J connectivity index is -0.000000000635. The predicted octanol–water partition coefficient (Wildman–Crippen LogP) is -0.145. The van der Waals surface area contributed by atoms with Gasteiger partial charge >= 0.3 is 21.1 Å². The largest absolute Gasteiger partial charge is 2.00 e. The molecule has 0 radical (unpaired) electrons. The summed E-state index contributed by atoms with van der Waals surface area (Å²) in [4.78, 5) is 0. The van der Waals surface area contributed by atoms with Gasteiger partial charge in [-0.2, -0.15) is 0 Å². The molecule has 0 aromatic rings. The average molecular weight is 361 g/mol. The molecule has 22 N–H and O–H groups in total. The quantitative estimate of drug-likeness (QED) is 0.263. The monoisotopic (exact) mass is 361 g/mol. The van der Waals surface area contributed by atoms with Crippen LogP contribution in [0, 0.1) is 10.4 Å². The van der Waals surface area contributed by atoms with Gasteiger partial charge in [0.05, 0.1) is 0 Å². The molecule has 84 valence electrons. The van der Waals surface area contributed by atoms with Crippen LogP contribution in [-0.2, 0) is 21.1 Å². The van der Waals surface area contributed by atoms with Crippen LogP contribution < -0.4 is 48.7 Å². The maximum Gasteiger partial charge on any atom is 2.00 e. The van der Waals surface area contributed by atoms with E-state index >= 15 is 0 Å².